The van der Waals surface area contributed by atoms with Gasteiger partial charge in [0.2, 0.25) is 0 Å². The molecule has 0 aliphatic heterocycles. The lowest BCUT2D eigenvalue weighted by Crippen LogP contribution is -2.22. The van der Waals surface area contributed by atoms with Gasteiger partial charge in [0.05, 0.1) is 0 Å². The maximum atomic E-state index is 13.8. The van der Waals surface area contributed by atoms with Crippen LogP contribution >= 0.6 is 15.9 Å². The van der Waals surface area contributed by atoms with Gasteiger partial charge in [0.1, 0.15) is 5.82 Å². The summed E-state index contributed by atoms with van der Waals surface area (Å²) in [6.45, 7) is 8.67. The Balaban J connectivity index is 2.95. The van der Waals surface area contributed by atoms with E-state index < -0.39 is 0 Å². The number of benzene rings is 1. The van der Waals surface area contributed by atoms with Crippen molar-refractivity contribution in [3.8, 4) is 0 Å². The molecule has 0 aliphatic carbocycles. The SMILES string of the molecule is C=C(C)CC(NCC)c1ccc(Br)cc1F. The van der Waals surface area contributed by atoms with E-state index in [1.54, 1.807) is 0 Å². The fourth-order valence-corrected chi connectivity index (χ4v) is 2.00. The van der Waals surface area contributed by atoms with Crippen molar-refractivity contribution in [1.82, 2.24) is 5.32 Å². The van der Waals surface area contributed by atoms with Crippen LogP contribution < -0.4 is 5.32 Å². The first-order chi connectivity index (χ1) is 7.54. The van der Waals surface area contributed by atoms with Crippen LogP contribution in [0, 0.1) is 5.82 Å². The molecule has 1 atom stereocenters. The molecular weight excluding hydrogens is 269 g/mol. The van der Waals surface area contributed by atoms with Crippen LogP contribution in [-0.4, -0.2) is 6.54 Å². The van der Waals surface area contributed by atoms with Crippen LogP contribution in [0.3, 0.4) is 0 Å². The average molecular weight is 286 g/mol. The molecule has 1 rings (SSSR count). The van der Waals surface area contributed by atoms with Crippen LogP contribution in [-0.2, 0) is 0 Å². The Morgan fingerprint density at radius 1 is 1.56 bits per heavy atom. The molecule has 0 amide bonds. The monoisotopic (exact) mass is 285 g/mol. The highest BCUT2D eigenvalue weighted by atomic mass is 79.9. The van der Waals surface area contributed by atoms with Crippen molar-refractivity contribution >= 4 is 15.9 Å². The van der Waals surface area contributed by atoms with E-state index in [1.807, 2.05) is 26.0 Å². The fourth-order valence-electron chi connectivity index (χ4n) is 1.67. The highest BCUT2D eigenvalue weighted by Crippen LogP contribution is 2.25. The molecule has 0 radical (unpaired) electrons. The van der Waals surface area contributed by atoms with Gasteiger partial charge in [0.15, 0.2) is 0 Å². The van der Waals surface area contributed by atoms with Crippen LogP contribution in [0.2, 0.25) is 0 Å². The smallest absolute Gasteiger partial charge is 0.129 e. The highest BCUT2D eigenvalue weighted by molar-refractivity contribution is 9.10. The quantitative estimate of drug-likeness (QED) is 0.800. The molecule has 0 aromatic heterocycles. The summed E-state index contributed by atoms with van der Waals surface area (Å²) in [6, 6.07) is 5.19. The Labute approximate surface area is 105 Å². The summed E-state index contributed by atoms with van der Waals surface area (Å²) in [6.07, 6.45) is 0.756. The minimum absolute atomic E-state index is 0.00981. The zero-order chi connectivity index (χ0) is 12.1. The molecule has 0 aliphatic rings. The lowest BCUT2D eigenvalue weighted by molar-refractivity contribution is 0.509. The summed E-state index contributed by atoms with van der Waals surface area (Å²) in [4.78, 5) is 0. The molecule has 0 fully saturated rings. The molecule has 1 unspecified atom stereocenters. The third-order valence-corrected chi connectivity index (χ3v) is 2.83. The van der Waals surface area contributed by atoms with E-state index in [2.05, 4.69) is 27.8 Å². The fraction of sp³-hybridized carbons (Fsp3) is 0.385. The number of hydrogen-bond donors (Lipinski definition) is 1. The summed E-state index contributed by atoms with van der Waals surface area (Å²) in [5, 5.41) is 3.27. The zero-order valence-electron chi connectivity index (χ0n) is 9.69. The van der Waals surface area contributed by atoms with Crippen molar-refractivity contribution in [2.45, 2.75) is 26.3 Å². The van der Waals surface area contributed by atoms with Gasteiger partial charge in [-0.2, -0.15) is 0 Å². The second-order valence-corrected chi connectivity index (χ2v) is 4.85. The van der Waals surface area contributed by atoms with Gasteiger partial charge < -0.3 is 5.32 Å². The first-order valence-electron chi connectivity index (χ1n) is 5.37. The van der Waals surface area contributed by atoms with Gasteiger partial charge in [0.25, 0.3) is 0 Å². The molecule has 0 saturated carbocycles. The molecule has 88 valence electrons. The van der Waals surface area contributed by atoms with Crippen LogP contribution in [0.5, 0.6) is 0 Å². The summed E-state index contributed by atoms with van der Waals surface area (Å²) in [7, 11) is 0. The maximum absolute atomic E-state index is 13.8. The second kappa shape index (κ2) is 6.16. The molecule has 0 spiro atoms. The zero-order valence-corrected chi connectivity index (χ0v) is 11.3. The average Bonchev–Trinajstić information content (AvgIpc) is 2.16. The predicted octanol–water partition coefficient (Wildman–Crippen LogP) is 4.21. The highest BCUT2D eigenvalue weighted by Gasteiger charge is 2.14. The van der Waals surface area contributed by atoms with Crippen LogP contribution in [0.4, 0.5) is 4.39 Å². The van der Waals surface area contributed by atoms with Gasteiger partial charge in [-0.25, -0.2) is 4.39 Å². The minimum Gasteiger partial charge on any atom is -0.310 e. The van der Waals surface area contributed by atoms with Gasteiger partial charge in [-0.1, -0.05) is 34.5 Å². The van der Waals surface area contributed by atoms with Crippen molar-refractivity contribution < 1.29 is 4.39 Å². The number of hydrogen-bond acceptors (Lipinski definition) is 1. The molecule has 1 nitrogen and oxygen atoms in total. The standard InChI is InChI=1S/C13H17BrFN/c1-4-16-13(7-9(2)3)11-6-5-10(14)8-12(11)15/h5-6,8,13,16H,2,4,7H2,1,3H3. The molecule has 16 heavy (non-hydrogen) atoms. The third kappa shape index (κ3) is 3.72. The van der Waals surface area contributed by atoms with E-state index >= 15 is 0 Å². The summed E-state index contributed by atoms with van der Waals surface area (Å²) in [5.41, 5.74) is 1.75. The lowest BCUT2D eigenvalue weighted by Gasteiger charge is -2.19. The van der Waals surface area contributed by atoms with Crippen molar-refractivity contribution in [2.75, 3.05) is 6.54 Å². The topological polar surface area (TPSA) is 12.0 Å². The number of rotatable bonds is 5. The molecule has 3 heteroatoms. The molecule has 0 heterocycles. The van der Waals surface area contributed by atoms with Gasteiger partial charge in [-0.05, 0) is 32.0 Å². The second-order valence-electron chi connectivity index (χ2n) is 3.94. The van der Waals surface area contributed by atoms with Crippen molar-refractivity contribution in [3.63, 3.8) is 0 Å². The molecule has 1 aromatic rings. The van der Waals surface area contributed by atoms with E-state index in [0.717, 1.165) is 23.0 Å². The van der Waals surface area contributed by atoms with Crippen LogP contribution in [0.15, 0.2) is 34.8 Å². The first kappa shape index (κ1) is 13.4. The summed E-state index contributed by atoms with van der Waals surface area (Å²) < 4.78 is 14.5. The van der Waals surface area contributed by atoms with E-state index in [4.69, 9.17) is 0 Å². The Morgan fingerprint density at radius 3 is 2.75 bits per heavy atom. The van der Waals surface area contributed by atoms with Crippen LogP contribution in [0.1, 0.15) is 31.9 Å². The van der Waals surface area contributed by atoms with E-state index in [9.17, 15) is 4.39 Å². The van der Waals surface area contributed by atoms with E-state index in [-0.39, 0.29) is 11.9 Å². The van der Waals surface area contributed by atoms with Gasteiger partial charge in [-0.3, -0.25) is 0 Å². The lowest BCUT2D eigenvalue weighted by atomic mass is 10.00. The largest absolute Gasteiger partial charge is 0.310 e. The van der Waals surface area contributed by atoms with Crippen molar-refractivity contribution in [3.05, 3.63) is 46.2 Å². The van der Waals surface area contributed by atoms with Crippen molar-refractivity contribution in [1.29, 1.82) is 0 Å². The number of nitrogens with one attached hydrogen (secondary N) is 1. The molecular formula is C13H17BrFN. The molecule has 1 aromatic carbocycles. The van der Waals surface area contributed by atoms with Gasteiger partial charge >= 0.3 is 0 Å². The van der Waals surface area contributed by atoms with Gasteiger partial charge in [0, 0.05) is 16.1 Å². The Bertz CT molecular complexity index is 376. The minimum atomic E-state index is -0.179. The van der Waals surface area contributed by atoms with E-state index in [1.165, 1.54) is 6.07 Å². The van der Waals surface area contributed by atoms with E-state index in [0.29, 0.717) is 5.56 Å². The summed E-state index contributed by atoms with van der Waals surface area (Å²) >= 11 is 3.26. The Kier molecular flexibility index (Phi) is 5.16. The van der Waals surface area contributed by atoms with Gasteiger partial charge in [-0.15, -0.1) is 6.58 Å². The first-order valence-corrected chi connectivity index (χ1v) is 6.16. The molecule has 1 N–H and O–H groups in total. The number of halogens is 2. The van der Waals surface area contributed by atoms with Crippen molar-refractivity contribution in [2.24, 2.45) is 0 Å². The Hall–Kier alpha value is -0.670. The maximum Gasteiger partial charge on any atom is 0.129 e. The van der Waals surface area contributed by atoms with Crippen LogP contribution in [0.25, 0.3) is 0 Å². The predicted molar refractivity (Wildman–Crippen MR) is 69.9 cm³/mol. The molecule has 0 bridgehead atoms. The summed E-state index contributed by atoms with van der Waals surface area (Å²) in [5.74, 6) is -0.179. The molecule has 0 saturated heterocycles. The Morgan fingerprint density at radius 2 is 2.25 bits per heavy atom. The normalized spacial score (nSPS) is 12.5. The third-order valence-electron chi connectivity index (χ3n) is 2.34.